The Labute approximate surface area is 115 Å². The first-order chi connectivity index (χ1) is 8.56. The van der Waals surface area contributed by atoms with Crippen LogP contribution in [0.5, 0.6) is 5.75 Å². The smallest absolute Gasteiger partial charge is 0.407 e. The maximum Gasteiger partial charge on any atom is 0.407 e. The van der Waals surface area contributed by atoms with Crippen molar-refractivity contribution < 1.29 is 14.6 Å². The molecule has 1 saturated heterocycles. The number of likely N-dealkylation sites (tertiary alicyclic amines) is 1. The van der Waals surface area contributed by atoms with Crippen LogP contribution in [-0.2, 0) is 0 Å². The number of hydrogen-bond acceptors (Lipinski definition) is 2. The molecule has 0 radical (unpaired) electrons. The van der Waals surface area contributed by atoms with Crippen LogP contribution in [0, 0.1) is 0 Å². The van der Waals surface area contributed by atoms with Gasteiger partial charge in [0.1, 0.15) is 11.9 Å². The zero-order chi connectivity index (χ0) is 13.1. The van der Waals surface area contributed by atoms with Crippen LogP contribution in [0.3, 0.4) is 0 Å². The van der Waals surface area contributed by atoms with Crippen LogP contribution in [-0.4, -0.2) is 34.8 Å². The monoisotopic (exact) mass is 313 g/mol. The Morgan fingerprint density at radius 3 is 2.94 bits per heavy atom. The lowest BCUT2D eigenvalue weighted by Crippen LogP contribution is -2.46. The molecule has 0 aromatic heterocycles. The molecular formula is C13H16BrNO3. The molecule has 1 aliphatic heterocycles. The van der Waals surface area contributed by atoms with Crippen molar-refractivity contribution in [2.75, 3.05) is 6.54 Å². The van der Waals surface area contributed by atoms with Gasteiger partial charge < -0.3 is 14.7 Å². The topological polar surface area (TPSA) is 49.8 Å². The summed E-state index contributed by atoms with van der Waals surface area (Å²) >= 11 is 3.40. The molecule has 4 nitrogen and oxygen atoms in total. The maximum absolute atomic E-state index is 11.0. The summed E-state index contributed by atoms with van der Waals surface area (Å²) in [5, 5.41) is 9.00. The first-order valence-corrected chi connectivity index (χ1v) is 6.77. The molecule has 1 aromatic carbocycles. The average Bonchev–Trinajstić information content (AvgIpc) is 2.28. The predicted molar refractivity (Wildman–Crippen MR) is 72.0 cm³/mol. The molecule has 1 aromatic rings. The van der Waals surface area contributed by atoms with E-state index in [4.69, 9.17) is 9.84 Å². The summed E-state index contributed by atoms with van der Waals surface area (Å²) in [4.78, 5) is 12.4. The third kappa shape index (κ3) is 3.16. The highest BCUT2D eigenvalue weighted by Crippen LogP contribution is 2.24. The maximum atomic E-state index is 11.0. The van der Waals surface area contributed by atoms with E-state index in [2.05, 4.69) is 15.9 Å². The number of amides is 1. The molecule has 2 atom stereocenters. The number of benzene rings is 1. The lowest BCUT2D eigenvalue weighted by Gasteiger charge is -2.35. The molecule has 18 heavy (non-hydrogen) atoms. The number of carboxylic acid groups (broad SMARTS) is 1. The Morgan fingerprint density at radius 2 is 2.33 bits per heavy atom. The van der Waals surface area contributed by atoms with Gasteiger partial charge in [0.2, 0.25) is 0 Å². The van der Waals surface area contributed by atoms with Gasteiger partial charge in [-0.15, -0.1) is 0 Å². The largest absolute Gasteiger partial charge is 0.490 e. The van der Waals surface area contributed by atoms with Gasteiger partial charge in [-0.3, -0.25) is 0 Å². The van der Waals surface area contributed by atoms with Gasteiger partial charge in [0, 0.05) is 29.9 Å². The van der Waals surface area contributed by atoms with Crippen LogP contribution in [0.4, 0.5) is 4.79 Å². The van der Waals surface area contributed by atoms with Crippen LogP contribution < -0.4 is 4.74 Å². The second-order valence-electron chi connectivity index (χ2n) is 4.55. The van der Waals surface area contributed by atoms with Crippen molar-refractivity contribution in [3.05, 3.63) is 28.7 Å². The number of piperidine rings is 1. The van der Waals surface area contributed by atoms with Crippen molar-refractivity contribution in [3.8, 4) is 5.75 Å². The summed E-state index contributed by atoms with van der Waals surface area (Å²) in [6.07, 6.45) is 0.718. The molecular weight excluding hydrogens is 298 g/mol. The van der Waals surface area contributed by atoms with E-state index in [0.29, 0.717) is 6.54 Å². The predicted octanol–water partition coefficient (Wildman–Crippen LogP) is 3.36. The average molecular weight is 314 g/mol. The van der Waals surface area contributed by atoms with Gasteiger partial charge in [-0.2, -0.15) is 0 Å². The number of carbonyl (C=O) groups is 1. The first-order valence-electron chi connectivity index (χ1n) is 5.98. The van der Waals surface area contributed by atoms with Gasteiger partial charge in [0.15, 0.2) is 0 Å². The molecule has 0 aliphatic carbocycles. The Morgan fingerprint density at radius 1 is 1.56 bits per heavy atom. The van der Waals surface area contributed by atoms with Crippen molar-refractivity contribution in [2.24, 2.45) is 0 Å². The van der Waals surface area contributed by atoms with E-state index in [-0.39, 0.29) is 12.1 Å². The molecule has 1 heterocycles. The van der Waals surface area contributed by atoms with E-state index >= 15 is 0 Å². The second-order valence-corrected chi connectivity index (χ2v) is 5.46. The molecule has 1 aliphatic rings. The van der Waals surface area contributed by atoms with Crippen LogP contribution in [0.25, 0.3) is 0 Å². The number of nitrogens with zero attached hydrogens (tertiary/aromatic N) is 1. The van der Waals surface area contributed by atoms with Gasteiger partial charge in [0.05, 0.1) is 0 Å². The third-order valence-corrected chi connectivity index (χ3v) is 3.67. The van der Waals surface area contributed by atoms with E-state index in [1.807, 2.05) is 31.2 Å². The minimum absolute atomic E-state index is 0.00778. The summed E-state index contributed by atoms with van der Waals surface area (Å²) in [7, 11) is 0. The fourth-order valence-corrected chi connectivity index (χ4v) is 2.63. The van der Waals surface area contributed by atoms with Crippen molar-refractivity contribution in [3.63, 3.8) is 0 Å². The van der Waals surface area contributed by atoms with Crippen molar-refractivity contribution in [1.29, 1.82) is 0 Å². The fourth-order valence-electron chi connectivity index (χ4n) is 2.25. The van der Waals surface area contributed by atoms with Crippen molar-refractivity contribution in [1.82, 2.24) is 4.90 Å². The minimum Gasteiger partial charge on any atom is -0.490 e. The normalized spacial score (nSPS) is 23.8. The quantitative estimate of drug-likeness (QED) is 0.910. The Balaban J connectivity index is 1.95. The third-order valence-electron chi connectivity index (χ3n) is 3.17. The van der Waals surface area contributed by atoms with Gasteiger partial charge in [-0.1, -0.05) is 22.0 Å². The van der Waals surface area contributed by atoms with Crippen LogP contribution >= 0.6 is 15.9 Å². The summed E-state index contributed by atoms with van der Waals surface area (Å²) in [6.45, 7) is 2.46. The van der Waals surface area contributed by atoms with Crippen LogP contribution in [0.2, 0.25) is 0 Å². The van der Waals surface area contributed by atoms with Gasteiger partial charge >= 0.3 is 6.09 Å². The molecule has 0 saturated carbocycles. The molecule has 98 valence electrons. The molecule has 0 spiro atoms. The zero-order valence-corrected chi connectivity index (χ0v) is 11.8. The van der Waals surface area contributed by atoms with Gasteiger partial charge in [-0.25, -0.2) is 4.79 Å². The fraction of sp³-hybridized carbons (Fsp3) is 0.462. The van der Waals surface area contributed by atoms with E-state index in [1.165, 1.54) is 4.90 Å². The standard InChI is InChI=1S/C13H16BrNO3/c1-9-7-12(5-6-15(9)13(16)17)18-11-4-2-3-10(14)8-11/h2-4,8-9,12H,5-7H2,1H3,(H,16,17)/t9-,12-/m0/s1. The van der Waals surface area contributed by atoms with E-state index in [0.717, 1.165) is 23.1 Å². The van der Waals surface area contributed by atoms with E-state index < -0.39 is 6.09 Å². The number of halogens is 1. The molecule has 0 unspecified atom stereocenters. The van der Waals surface area contributed by atoms with E-state index in [9.17, 15) is 4.79 Å². The molecule has 2 rings (SSSR count). The lowest BCUT2D eigenvalue weighted by atomic mass is 10.0. The molecule has 1 amide bonds. The zero-order valence-electron chi connectivity index (χ0n) is 10.2. The molecule has 1 N–H and O–H groups in total. The number of hydrogen-bond donors (Lipinski definition) is 1. The Hall–Kier alpha value is -1.23. The van der Waals surface area contributed by atoms with E-state index in [1.54, 1.807) is 0 Å². The number of ether oxygens (including phenoxy) is 1. The van der Waals surface area contributed by atoms with Gasteiger partial charge in [-0.05, 0) is 25.1 Å². The minimum atomic E-state index is -0.844. The highest BCUT2D eigenvalue weighted by atomic mass is 79.9. The lowest BCUT2D eigenvalue weighted by molar-refractivity contribution is 0.0605. The molecule has 5 heteroatoms. The highest BCUT2D eigenvalue weighted by Gasteiger charge is 2.29. The van der Waals surface area contributed by atoms with Crippen molar-refractivity contribution >= 4 is 22.0 Å². The summed E-state index contributed by atoms with van der Waals surface area (Å²) in [5.41, 5.74) is 0. The highest BCUT2D eigenvalue weighted by molar-refractivity contribution is 9.10. The second kappa shape index (κ2) is 5.61. The van der Waals surface area contributed by atoms with Crippen molar-refractivity contribution in [2.45, 2.75) is 31.9 Å². The molecule has 1 fully saturated rings. The Kier molecular flexibility index (Phi) is 4.11. The first kappa shape index (κ1) is 13.2. The SMILES string of the molecule is C[C@H]1C[C@@H](Oc2cccc(Br)c2)CCN1C(=O)O. The molecule has 0 bridgehead atoms. The van der Waals surface area contributed by atoms with Crippen LogP contribution in [0.1, 0.15) is 19.8 Å². The number of rotatable bonds is 2. The summed E-state index contributed by atoms with van der Waals surface area (Å²) in [5.74, 6) is 0.824. The summed E-state index contributed by atoms with van der Waals surface area (Å²) < 4.78 is 6.87. The Bertz CT molecular complexity index is 438. The van der Waals surface area contributed by atoms with Gasteiger partial charge in [0.25, 0.3) is 0 Å². The van der Waals surface area contributed by atoms with Crippen LogP contribution in [0.15, 0.2) is 28.7 Å². The summed E-state index contributed by atoms with van der Waals surface area (Å²) in [6, 6.07) is 7.72.